The van der Waals surface area contributed by atoms with Crippen LogP contribution in [-0.4, -0.2) is 29.7 Å². The van der Waals surface area contributed by atoms with Gasteiger partial charge in [0, 0.05) is 11.3 Å². The van der Waals surface area contributed by atoms with Crippen molar-refractivity contribution in [3.05, 3.63) is 62.9 Å². The van der Waals surface area contributed by atoms with Crippen LogP contribution in [0.2, 0.25) is 36.3 Å². The maximum absolute atomic E-state index is 11.5. The van der Waals surface area contributed by atoms with E-state index in [2.05, 4.69) is 110 Å². The highest BCUT2D eigenvalue weighted by atomic mass is 32.1. The fraction of sp³-hybridized carbons (Fsp3) is 0.618. The highest BCUT2D eigenvalue weighted by Gasteiger charge is 2.38. The van der Waals surface area contributed by atoms with Crippen molar-refractivity contribution in [2.45, 2.75) is 130 Å². The summed E-state index contributed by atoms with van der Waals surface area (Å²) in [5, 5.41) is 2.63. The minimum Gasteiger partial charge on any atom is -0.469 e. The van der Waals surface area contributed by atoms with E-state index in [0.29, 0.717) is 26.1 Å². The number of thiophene rings is 1. The summed E-state index contributed by atoms with van der Waals surface area (Å²) in [6.07, 6.45) is 6.27. The summed E-state index contributed by atoms with van der Waals surface area (Å²) in [7, 11) is -2.29. The molecule has 0 aliphatic rings. The number of ether oxygens (including phenoxy) is 1. The molecule has 0 spiro atoms. The third-order valence-electron chi connectivity index (χ3n) is 9.08. The summed E-state index contributed by atoms with van der Waals surface area (Å²) in [5.41, 5.74) is 6.52. The molecule has 0 bridgehead atoms. The fourth-order valence-corrected chi connectivity index (χ4v) is 6.87. The van der Waals surface area contributed by atoms with Crippen LogP contribution in [0.15, 0.2) is 35.7 Å². The van der Waals surface area contributed by atoms with Crippen molar-refractivity contribution >= 4 is 39.5 Å². The Morgan fingerprint density at radius 2 is 1.41 bits per heavy atom. The Morgan fingerprint density at radius 1 is 0.854 bits per heavy atom. The number of carbonyl (C=O) groups excluding carboxylic acids is 1. The highest BCUT2D eigenvalue weighted by molar-refractivity contribution is 7.11. The van der Waals surface area contributed by atoms with Crippen LogP contribution in [0.1, 0.15) is 94.9 Å². The van der Waals surface area contributed by atoms with Crippen LogP contribution in [0.4, 0.5) is 0 Å². The molecular formula is C34H56O4SSi2. The van der Waals surface area contributed by atoms with Crippen LogP contribution in [0.3, 0.4) is 0 Å². The molecular weight excluding hydrogens is 561 g/mol. The summed E-state index contributed by atoms with van der Waals surface area (Å²) >= 11 is 1.80. The number of benzene rings is 1. The first-order valence-corrected chi connectivity index (χ1v) is 21.8. The first-order valence-electron chi connectivity index (χ1n) is 15.1. The number of hydrogen-bond acceptors (Lipinski definition) is 5. The van der Waals surface area contributed by atoms with Gasteiger partial charge in [-0.25, -0.2) is 0 Å². The van der Waals surface area contributed by atoms with Crippen molar-refractivity contribution in [1.29, 1.82) is 0 Å². The second-order valence-corrected chi connectivity index (χ2v) is 24.7. The van der Waals surface area contributed by atoms with Gasteiger partial charge < -0.3 is 13.6 Å². The average Bonchev–Trinajstić information content (AvgIpc) is 3.35. The average molecular weight is 617 g/mol. The van der Waals surface area contributed by atoms with Crippen LogP contribution in [-0.2, 0) is 44.4 Å². The molecule has 230 valence electrons. The van der Waals surface area contributed by atoms with Crippen LogP contribution < -0.4 is 0 Å². The molecule has 4 nitrogen and oxygen atoms in total. The molecule has 0 aliphatic carbocycles. The van der Waals surface area contributed by atoms with Gasteiger partial charge in [-0.05, 0) is 101 Å². The normalized spacial score (nSPS) is 13.5. The van der Waals surface area contributed by atoms with E-state index in [9.17, 15) is 4.79 Å². The zero-order valence-electron chi connectivity index (χ0n) is 28.0. The number of carbonyl (C=O) groups is 1. The number of hydrogen-bond donors (Lipinski definition) is 0. The Morgan fingerprint density at radius 3 is 1.95 bits per heavy atom. The van der Waals surface area contributed by atoms with Gasteiger partial charge in [-0.3, -0.25) is 4.79 Å². The van der Waals surface area contributed by atoms with Gasteiger partial charge in [0.15, 0.2) is 16.6 Å². The van der Waals surface area contributed by atoms with E-state index >= 15 is 0 Å². The molecule has 0 N–H and O–H groups in total. The number of esters is 1. The molecule has 0 radical (unpaired) electrons. The van der Waals surface area contributed by atoms with Crippen molar-refractivity contribution in [2.75, 3.05) is 7.11 Å². The Kier molecular flexibility index (Phi) is 12.9. The smallest absolute Gasteiger partial charge is 0.305 e. The minimum absolute atomic E-state index is 0.157. The molecule has 1 aromatic heterocycles. The van der Waals surface area contributed by atoms with Gasteiger partial charge in [0.2, 0.25) is 0 Å². The largest absolute Gasteiger partial charge is 0.469 e. The maximum Gasteiger partial charge on any atom is 0.305 e. The third-order valence-corrected chi connectivity index (χ3v) is 19.1. The van der Waals surface area contributed by atoms with Gasteiger partial charge in [-0.2, -0.15) is 0 Å². The van der Waals surface area contributed by atoms with Crippen LogP contribution in [0.5, 0.6) is 0 Å². The zero-order valence-corrected chi connectivity index (χ0v) is 30.8. The standard InChI is InChI=1S/C34H56O4SSi2/c1-13-28(15-14-16-32(35)36-8)31-22-27(25-39-31)18-17-26-19-20-29(23-37-40(9,10)33(2,3)4)30(21-26)24-38-41(11,12)34(5,6)7/h15,19-22,25H,13-14,16-18,23-24H2,1-12H3. The molecule has 2 aromatic rings. The molecule has 41 heavy (non-hydrogen) atoms. The molecule has 1 heterocycles. The van der Waals surface area contributed by atoms with E-state index in [-0.39, 0.29) is 16.0 Å². The molecule has 0 saturated carbocycles. The topological polar surface area (TPSA) is 44.8 Å². The highest BCUT2D eigenvalue weighted by Crippen LogP contribution is 2.39. The van der Waals surface area contributed by atoms with Crippen molar-refractivity contribution in [2.24, 2.45) is 0 Å². The first-order chi connectivity index (χ1) is 18.9. The summed E-state index contributed by atoms with van der Waals surface area (Å²) < 4.78 is 18.1. The van der Waals surface area contributed by atoms with Crippen molar-refractivity contribution in [1.82, 2.24) is 0 Å². The summed E-state index contributed by atoms with van der Waals surface area (Å²) in [6, 6.07) is 9.22. The Hall–Kier alpha value is -1.52. The predicted molar refractivity (Wildman–Crippen MR) is 182 cm³/mol. The molecule has 0 unspecified atom stereocenters. The Labute approximate surface area is 257 Å². The van der Waals surface area contributed by atoms with Crippen molar-refractivity contribution in [3.63, 3.8) is 0 Å². The van der Waals surface area contributed by atoms with Crippen LogP contribution >= 0.6 is 11.3 Å². The van der Waals surface area contributed by atoms with Gasteiger partial charge in [-0.15, -0.1) is 11.3 Å². The van der Waals surface area contributed by atoms with E-state index in [1.807, 2.05) is 0 Å². The second kappa shape index (κ2) is 14.8. The van der Waals surface area contributed by atoms with Gasteiger partial charge in [0.1, 0.15) is 0 Å². The fourth-order valence-electron chi connectivity index (χ4n) is 3.91. The summed E-state index contributed by atoms with van der Waals surface area (Å²) in [6.45, 7) is 26.5. The van der Waals surface area contributed by atoms with Crippen molar-refractivity contribution < 1.29 is 18.4 Å². The third kappa shape index (κ3) is 10.6. The minimum atomic E-state index is -1.88. The van der Waals surface area contributed by atoms with E-state index in [4.69, 9.17) is 13.6 Å². The lowest BCUT2D eigenvalue weighted by atomic mass is 10.00. The van der Waals surface area contributed by atoms with Gasteiger partial charge >= 0.3 is 5.97 Å². The predicted octanol–water partition coefficient (Wildman–Crippen LogP) is 10.3. The van der Waals surface area contributed by atoms with E-state index < -0.39 is 16.6 Å². The van der Waals surface area contributed by atoms with Crippen LogP contribution in [0.25, 0.3) is 5.57 Å². The van der Waals surface area contributed by atoms with Gasteiger partial charge in [0.05, 0.1) is 20.3 Å². The summed E-state index contributed by atoms with van der Waals surface area (Å²) in [4.78, 5) is 12.8. The Bertz CT molecular complexity index is 1170. The van der Waals surface area contributed by atoms with Gasteiger partial charge in [-0.1, -0.05) is 72.7 Å². The SMILES string of the molecule is CCC(=CCCC(=O)OC)c1cc(CCc2ccc(CO[Si](C)(C)C(C)(C)C)c(CO[Si](C)(C)C(C)(C)C)c2)cs1. The monoisotopic (exact) mass is 616 g/mol. The van der Waals surface area contributed by atoms with Gasteiger partial charge in [0.25, 0.3) is 0 Å². The number of methoxy groups -OCH3 is 1. The molecule has 0 aliphatic heterocycles. The molecule has 2 rings (SSSR count). The summed E-state index contributed by atoms with van der Waals surface area (Å²) in [5.74, 6) is -0.157. The molecule has 0 fully saturated rings. The quantitative estimate of drug-likeness (QED) is 0.156. The zero-order chi connectivity index (χ0) is 31.1. The molecule has 7 heteroatoms. The van der Waals surface area contributed by atoms with Crippen molar-refractivity contribution in [3.8, 4) is 0 Å². The number of aryl methyl sites for hydroxylation is 2. The lowest BCUT2D eigenvalue weighted by molar-refractivity contribution is -0.140. The molecule has 0 atom stereocenters. The second-order valence-electron chi connectivity index (χ2n) is 14.2. The maximum atomic E-state index is 11.5. The number of rotatable bonds is 14. The first kappa shape index (κ1) is 35.7. The van der Waals surface area contributed by atoms with E-state index in [1.54, 1.807) is 11.3 Å². The van der Waals surface area contributed by atoms with Crippen LogP contribution in [0, 0.1) is 0 Å². The molecule has 0 amide bonds. The Balaban J connectivity index is 2.20. The molecule has 0 saturated heterocycles. The number of allylic oxidation sites excluding steroid dienone is 2. The van der Waals surface area contributed by atoms with E-state index in [1.165, 1.54) is 39.8 Å². The lowest BCUT2D eigenvalue weighted by Gasteiger charge is -2.37. The lowest BCUT2D eigenvalue weighted by Crippen LogP contribution is -2.41. The van der Waals surface area contributed by atoms with E-state index in [0.717, 1.165) is 19.3 Å². The molecule has 1 aromatic carbocycles.